The average Bonchev–Trinajstić information content (AvgIpc) is 2.34. The Labute approximate surface area is 104 Å². The Morgan fingerprint density at radius 1 is 1.33 bits per heavy atom. The summed E-state index contributed by atoms with van der Waals surface area (Å²) in [5.41, 5.74) is 5.27. The summed E-state index contributed by atoms with van der Waals surface area (Å²) in [5.74, 6) is -2.41. The van der Waals surface area contributed by atoms with E-state index in [0.717, 1.165) is 0 Å². The molecule has 1 amide bonds. The monoisotopic (exact) mass is 262 g/mol. The molecule has 0 aliphatic carbocycles. The number of ether oxygens (including phenoxy) is 2. The van der Waals surface area contributed by atoms with Gasteiger partial charge in [-0.15, -0.1) is 0 Å². The maximum absolute atomic E-state index is 11.5. The Hall–Kier alpha value is -1.67. The number of rotatable bonds is 8. The Balaban J connectivity index is 4.40. The summed E-state index contributed by atoms with van der Waals surface area (Å²) in [6.45, 7) is -0.0638. The molecule has 8 heteroatoms. The molecule has 0 aromatic carbocycles. The molecule has 0 aromatic rings. The minimum absolute atomic E-state index is 0.0608. The normalized spacial score (nSPS) is 13.5. The fourth-order valence-electron chi connectivity index (χ4n) is 1.20. The molecule has 0 radical (unpaired) electrons. The Morgan fingerprint density at radius 3 is 2.33 bits per heavy atom. The zero-order valence-electron chi connectivity index (χ0n) is 10.3. The molecule has 18 heavy (non-hydrogen) atoms. The fourth-order valence-corrected chi connectivity index (χ4v) is 1.20. The molecule has 0 heterocycles. The van der Waals surface area contributed by atoms with Gasteiger partial charge in [0, 0.05) is 20.1 Å². The van der Waals surface area contributed by atoms with Gasteiger partial charge in [-0.3, -0.25) is 9.59 Å². The van der Waals surface area contributed by atoms with Crippen LogP contribution in [0.3, 0.4) is 0 Å². The van der Waals surface area contributed by atoms with Crippen LogP contribution in [0.4, 0.5) is 0 Å². The van der Waals surface area contributed by atoms with E-state index in [1.807, 2.05) is 0 Å². The van der Waals surface area contributed by atoms with Gasteiger partial charge in [-0.1, -0.05) is 0 Å². The average molecular weight is 262 g/mol. The lowest BCUT2D eigenvalue weighted by molar-refractivity contribution is -0.145. The molecule has 104 valence electrons. The first-order valence-corrected chi connectivity index (χ1v) is 5.29. The summed E-state index contributed by atoms with van der Waals surface area (Å²) in [5, 5.41) is 11.1. The second kappa shape index (κ2) is 8.43. The zero-order valence-corrected chi connectivity index (χ0v) is 10.3. The predicted octanol–water partition coefficient (Wildman–Crippen LogP) is -1.52. The van der Waals surface area contributed by atoms with Gasteiger partial charge in [0.1, 0.15) is 12.1 Å². The molecule has 0 rings (SSSR count). The van der Waals surface area contributed by atoms with E-state index < -0.39 is 30.0 Å². The van der Waals surface area contributed by atoms with Crippen LogP contribution in [0.5, 0.6) is 0 Å². The molecule has 0 fully saturated rings. The number of esters is 1. The highest BCUT2D eigenvalue weighted by atomic mass is 16.5. The first-order chi connectivity index (χ1) is 8.46. The minimum Gasteiger partial charge on any atom is -0.480 e. The van der Waals surface area contributed by atoms with Crippen molar-refractivity contribution in [3.8, 4) is 0 Å². The van der Waals surface area contributed by atoms with Crippen molar-refractivity contribution in [1.82, 2.24) is 5.32 Å². The van der Waals surface area contributed by atoms with Crippen LogP contribution < -0.4 is 11.1 Å². The Kier molecular flexibility index (Phi) is 7.64. The molecule has 0 aliphatic rings. The van der Waals surface area contributed by atoms with Crippen molar-refractivity contribution in [2.24, 2.45) is 5.73 Å². The highest BCUT2D eigenvalue weighted by Crippen LogP contribution is 2.01. The number of aliphatic carboxylic acids is 1. The quantitative estimate of drug-likeness (QED) is 0.453. The van der Waals surface area contributed by atoms with Crippen molar-refractivity contribution in [1.29, 1.82) is 0 Å². The zero-order chi connectivity index (χ0) is 14.1. The first-order valence-electron chi connectivity index (χ1n) is 5.29. The van der Waals surface area contributed by atoms with E-state index in [4.69, 9.17) is 15.6 Å². The van der Waals surface area contributed by atoms with Gasteiger partial charge >= 0.3 is 11.9 Å². The number of amides is 1. The molecule has 0 spiro atoms. The molecular formula is C10H18N2O6. The number of carbonyl (C=O) groups is 3. The first kappa shape index (κ1) is 16.3. The van der Waals surface area contributed by atoms with Gasteiger partial charge in [0.25, 0.3) is 5.91 Å². The van der Waals surface area contributed by atoms with Crippen LogP contribution in [0.2, 0.25) is 0 Å². The van der Waals surface area contributed by atoms with Crippen LogP contribution >= 0.6 is 0 Å². The van der Waals surface area contributed by atoms with Gasteiger partial charge in [0.05, 0.1) is 7.11 Å². The van der Waals surface area contributed by atoms with Crippen LogP contribution in [0.25, 0.3) is 0 Å². The summed E-state index contributed by atoms with van der Waals surface area (Å²) in [6, 6.07) is -1.18. The topological polar surface area (TPSA) is 128 Å². The highest BCUT2D eigenvalue weighted by Gasteiger charge is 2.25. The molecular weight excluding hydrogens is 244 g/mol. The highest BCUT2D eigenvalue weighted by molar-refractivity contribution is 5.86. The third-order valence-electron chi connectivity index (χ3n) is 2.27. The largest absolute Gasteiger partial charge is 0.480 e. The molecule has 2 unspecified atom stereocenters. The van der Waals surface area contributed by atoms with Gasteiger partial charge in [0.2, 0.25) is 0 Å². The summed E-state index contributed by atoms with van der Waals surface area (Å²) >= 11 is 0. The smallest absolute Gasteiger partial charge is 0.326 e. The van der Waals surface area contributed by atoms with E-state index in [-0.39, 0.29) is 19.4 Å². The number of hydrogen-bond donors (Lipinski definition) is 3. The molecule has 4 N–H and O–H groups in total. The van der Waals surface area contributed by atoms with Crippen LogP contribution in [-0.4, -0.2) is 55.9 Å². The fraction of sp³-hybridized carbons (Fsp3) is 0.700. The van der Waals surface area contributed by atoms with Crippen LogP contribution in [0.1, 0.15) is 12.8 Å². The van der Waals surface area contributed by atoms with E-state index in [0.29, 0.717) is 0 Å². The number of methoxy groups -OCH3 is 2. The summed E-state index contributed by atoms with van der Waals surface area (Å²) < 4.78 is 9.15. The SMILES string of the molecule is COC(=O)CCC(NC(=O)C(CN)OC)C(=O)O. The molecule has 8 nitrogen and oxygen atoms in total. The van der Waals surface area contributed by atoms with Gasteiger partial charge < -0.3 is 25.6 Å². The number of carboxylic acid groups (broad SMARTS) is 1. The lowest BCUT2D eigenvalue weighted by Gasteiger charge is -2.18. The molecule has 0 bridgehead atoms. The van der Waals surface area contributed by atoms with Gasteiger partial charge in [-0.25, -0.2) is 4.79 Å². The summed E-state index contributed by atoms with van der Waals surface area (Å²) in [7, 11) is 2.49. The van der Waals surface area contributed by atoms with Crippen LogP contribution in [-0.2, 0) is 23.9 Å². The second-order valence-electron chi connectivity index (χ2n) is 3.47. The second-order valence-corrected chi connectivity index (χ2v) is 3.47. The van der Waals surface area contributed by atoms with Crippen molar-refractivity contribution in [2.45, 2.75) is 25.0 Å². The van der Waals surface area contributed by atoms with Crippen molar-refractivity contribution in [3.05, 3.63) is 0 Å². The number of nitrogens with one attached hydrogen (secondary N) is 1. The number of nitrogens with two attached hydrogens (primary N) is 1. The van der Waals surface area contributed by atoms with Crippen molar-refractivity contribution in [3.63, 3.8) is 0 Å². The lowest BCUT2D eigenvalue weighted by Crippen LogP contribution is -2.48. The van der Waals surface area contributed by atoms with Gasteiger partial charge in [0.15, 0.2) is 0 Å². The number of carbonyl (C=O) groups excluding carboxylic acids is 2. The van der Waals surface area contributed by atoms with E-state index in [9.17, 15) is 14.4 Å². The minimum atomic E-state index is -1.24. The standard InChI is InChI=1S/C10H18N2O6/c1-17-7(5-11)9(14)12-6(10(15)16)3-4-8(13)18-2/h6-7H,3-5,11H2,1-2H3,(H,12,14)(H,15,16). The summed E-state index contributed by atoms with van der Waals surface area (Å²) in [6.07, 6.45) is -1.08. The molecule has 0 aromatic heterocycles. The third-order valence-corrected chi connectivity index (χ3v) is 2.27. The van der Waals surface area contributed by atoms with Gasteiger partial charge in [-0.05, 0) is 6.42 Å². The molecule has 2 atom stereocenters. The van der Waals surface area contributed by atoms with E-state index in [1.165, 1.54) is 14.2 Å². The van der Waals surface area contributed by atoms with Crippen LogP contribution in [0.15, 0.2) is 0 Å². The van der Waals surface area contributed by atoms with Crippen molar-refractivity contribution < 1.29 is 29.0 Å². The maximum atomic E-state index is 11.5. The van der Waals surface area contributed by atoms with E-state index in [2.05, 4.69) is 10.1 Å². The number of carboxylic acids is 1. The van der Waals surface area contributed by atoms with Crippen LogP contribution in [0, 0.1) is 0 Å². The summed E-state index contributed by atoms with van der Waals surface area (Å²) in [4.78, 5) is 33.3. The maximum Gasteiger partial charge on any atom is 0.326 e. The Bertz CT molecular complexity index is 303. The lowest BCUT2D eigenvalue weighted by atomic mass is 10.1. The Morgan fingerprint density at radius 2 is 1.94 bits per heavy atom. The van der Waals surface area contributed by atoms with Crippen molar-refractivity contribution in [2.75, 3.05) is 20.8 Å². The number of hydrogen-bond acceptors (Lipinski definition) is 6. The third kappa shape index (κ3) is 5.60. The molecule has 0 saturated carbocycles. The predicted molar refractivity (Wildman–Crippen MR) is 60.7 cm³/mol. The molecule has 0 saturated heterocycles. The van der Waals surface area contributed by atoms with Crippen molar-refractivity contribution >= 4 is 17.8 Å². The van der Waals surface area contributed by atoms with E-state index in [1.54, 1.807) is 0 Å². The molecule has 0 aliphatic heterocycles. The van der Waals surface area contributed by atoms with E-state index >= 15 is 0 Å². The van der Waals surface area contributed by atoms with Gasteiger partial charge in [-0.2, -0.15) is 0 Å².